The summed E-state index contributed by atoms with van der Waals surface area (Å²) in [6, 6.07) is 4.58. The molecule has 0 amide bonds. The molecule has 0 aromatic carbocycles. The second kappa shape index (κ2) is 7.76. The highest BCUT2D eigenvalue weighted by molar-refractivity contribution is 7.12. The fraction of sp³-hybridized carbons (Fsp3) is 0.667. The van der Waals surface area contributed by atoms with Gasteiger partial charge in [0.05, 0.1) is 6.42 Å². The third-order valence-electron chi connectivity index (χ3n) is 3.74. The lowest BCUT2D eigenvalue weighted by Gasteiger charge is -2.32. The SMILES string of the molecule is CCCN1CCC(NCc2ccc(CC(=O)O)s2)CC1. The molecule has 1 aromatic rings. The van der Waals surface area contributed by atoms with Crippen LogP contribution in [-0.2, 0) is 17.8 Å². The number of aliphatic carboxylic acids is 1. The lowest BCUT2D eigenvalue weighted by Crippen LogP contribution is -2.42. The first-order chi connectivity index (χ1) is 9.67. The van der Waals surface area contributed by atoms with E-state index < -0.39 is 5.97 Å². The number of likely N-dealkylation sites (tertiary alicyclic amines) is 1. The van der Waals surface area contributed by atoms with Gasteiger partial charge in [-0.1, -0.05) is 6.92 Å². The third-order valence-corrected chi connectivity index (χ3v) is 4.82. The van der Waals surface area contributed by atoms with Crippen LogP contribution in [0.1, 0.15) is 35.9 Å². The number of carboxylic acid groups (broad SMARTS) is 1. The Morgan fingerprint density at radius 2 is 2.10 bits per heavy atom. The monoisotopic (exact) mass is 296 g/mol. The Labute approximate surface area is 124 Å². The van der Waals surface area contributed by atoms with E-state index in [1.165, 1.54) is 43.8 Å². The Bertz CT molecular complexity index is 425. The number of nitrogens with one attached hydrogen (secondary N) is 1. The van der Waals surface area contributed by atoms with Gasteiger partial charge in [0, 0.05) is 22.3 Å². The molecule has 0 saturated carbocycles. The Hall–Kier alpha value is -0.910. The van der Waals surface area contributed by atoms with Gasteiger partial charge in [-0.05, 0) is 51.0 Å². The van der Waals surface area contributed by atoms with Crippen LogP contribution >= 0.6 is 11.3 Å². The first-order valence-corrected chi connectivity index (χ1v) is 8.24. The maximum Gasteiger partial charge on any atom is 0.308 e. The topological polar surface area (TPSA) is 52.6 Å². The van der Waals surface area contributed by atoms with Crippen LogP contribution < -0.4 is 5.32 Å². The molecular weight excluding hydrogens is 272 g/mol. The van der Waals surface area contributed by atoms with Gasteiger partial charge >= 0.3 is 5.97 Å². The van der Waals surface area contributed by atoms with Crippen molar-refractivity contribution in [2.75, 3.05) is 19.6 Å². The van der Waals surface area contributed by atoms with Crippen LogP contribution in [0.5, 0.6) is 0 Å². The molecule has 4 nitrogen and oxygen atoms in total. The molecule has 1 fully saturated rings. The fourth-order valence-electron chi connectivity index (χ4n) is 2.68. The lowest BCUT2D eigenvalue weighted by atomic mass is 10.0. The van der Waals surface area contributed by atoms with E-state index in [4.69, 9.17) is 5.11 Å². The Morgan fingerprint density at radius 3 is 2.75 bits per heavy atom. The smallest absolute Gasteiger partial charge is 0.308 e. The van der Waals surface area contributed by atoms with Crippen molar-refractivity contribution in [3.63, 3.8) is 0 Å². The molecule has 2 heterocycles. The van der Waals surface area contributed by atoms with Gasteiger partial charge in [0.2, 0.25) is 0 Å². The van der Waals surface area contributed by atoms with Crippen LogP contribution in [-0.4, -0.2) is 41.7 Å². The summed E-state index contributed by atoms with van der Waals surface area (Å²) in [4.78, 5) is 15.4. The molecule has 0 radical (unpaired) electrons. The summed E-state index contributed by atoms with van der Waals surface area (Å²) < 4.78 is 0. The first-order valence-electron chi connectivity index (χ1n) is 7.42. The summed E-state index contributed by atoms with van der Waals surface area (Å²) in [5, 5.41) is 12.4. The average Bonchev–Trinajstić information content (AvgIpc) is 2.85. The van der Waals surface area contributed by atoms with Crippen LogP contribution in [0.2, 0.25) is 0 Å². The van der Waals surface area contributed by atoms with Crippen LogP contribution in [0.3, 0.4) is 0 Å². The van der Waals surface area contributed by atoms with Crippen molar-refractivity contribution in [3.05, 3.63) is 21.9 Å². The number of nitrogens with zero attached hydrogens (tertiary/aromatic N) is 1. The highest BCUT2D eigenvalue weighted by atomic mass is 32.1. The fourth-order valence-corrected chi connectivity index (χ4v) is 3.64. The van der Waals surface area contributed by atoms with E-state index in [9.17, 15) is 4.79 Å². The molecule has 0 unspecified atom stereocenters. The van der Waals surface area contributed by atoms with Crippen molar-refractivity contribution in [3.8, 4) is 0 Å². The molecule has 20 heavy (non-hydrogen) atoms. The van der Waals surface area contributed by atoms with Crippen molar-refractivity contribution in [1.29, 1.82) is 0 Å². The predicted octanol–water partition coefficient (Wildman–Crippen LogP) is 2.34. The standard InChI is InChI=1S/C15H24N2O2S/c1-2-7-17-8-5-12(6-9-17)16-11-14-4-3-13(20-14)10-15(18)19/h3-4,12,16H,2,5-11H2,1H3,(H,18,19). The van der Waals surface area contributed by atoms with Crippen LogP contribution in [0.25, 0.3) is 0 Å². The van der Waals surface area contributed by atoms with E-state index in [0.29, 0.717) is 6.04 Å². The second-order valence-corrected chi connectivity index (χ2v) is 6.69. The number of carbonyl (C=O) groups is 1. The molecule has 0 aliphatic carbocycles. The number of hydrogen-bond donors (Lipinski definition) is 2. The minimum absolute atomic E-state index is 0.139. The molecule has 0 atom stereocenters. The number of carboxylic acids is 1. The molecule has 0 spiro atoms. The molecule has 1 aromatic heterocycles. The lowest BCUT2D eigenvalue weighted by molar-refractivity contribution is -0.136. The second-order valence-electron chi connectivity index (χ2n) is 5.44. The minimum atomic E-state index is -0.755. The van der Waals surface area contributed by atoms with E-state index in [1.807, 2.05) is 12.1 Å². The van der Waals surface area contributed by atoms with E-state index in [2.05, 4.69) is 17.1 Å². The van der Waals surface area contributed by atoms with Gasteiger partial charge in [-0.15, -0.1) is 11.3 Å². The van der Waals surface area contributed by atoms with Crippen molar-refractivity contribution in [1.82, 2.24) is 10.2 Å². The molecule has 0 bridgehead atoms. The zero-order valence-corrected chi connectivity index (χ0v) is 12.9. The van der Waals surface area contributed by atoms with E-state index in [0.717, 1.165) is 11.4 Å². The van der Waals surface area contributed by atoms with Crippen molar-refractivity contribution in [2.24, 2.45) is 0 Å². The highest BCUT2D eigenvalue weighted by Crippen LogP contribution is 2.18. The van der Waals surface area contributed by atoms with Crippen LogP contribution in [0, 0.1) is 0 Å². The van der Waals surface area contributed by atoms with Gasteiger partial charge in [0.1, 0.15) is 0 Å². The van der Waals surface area contributed by atoms with E-state index in [-0.39, 0.29) is 6.42 Å². The maximum atomic E-state index is 10.7. The van der Waals surface area contributed by atoms with Gasteiger partial charge in [0.25, 0.3) is 0 Å². The predicted molar refractivity (Wildman–Crippen MR) is 82.3 cm³/mol. The van der Waals surface area contributed by atoms with Crippen LogP contribution in [0.4, 0.5) is 0 Å². The molecular formula is C15H24N2O2S. The largest absolute Gasteiger partial charge is 0.481 e. The molecule has 1 aliphatic heterocycles. The van der Waals surface area contributed by atoms with Gasteiger partial charge in [0.15, 0.2) is 0 Å². The molecule has 2 N–H and O–H groups in total. The summed E-state index contributed by atoms with van der Waals surface area (Å²) in [6.07, 6.45) is 3.81. The summed E-state index contributed by atoms with van der Waals surface area (Å²) in [7, 11) is 0. The van der Waals surface area contributed by atoms with E-state index >= 15 is 0 Å². The maximum absolute atomic E-state index is 10.7. The Balaban J connectivity index is 1.70. The number of rotatable bonds is 7. The number of thiophene rings is 1. The zero-order valence-electron chi connectivity index (χ0n) is 12.1. The summed E-state index contributed by atoms with van der Waals surface area (Å²) in [5.74, 6) is -0.755. The molecule has 2 rings (SSSR count). The van der Waals surface area contributed by atoms with Crippen molar-refractivity contribution < 1.29 is 9.90 Å². The van der Waals surface area contributed by atoms with Crippen molar-refractivity contribution in [2.45, 2.75) is 45.2 Å². The van der Waals surface area contributed by atoms with Crippen molar-refractivity contribution >= 4 is 17.3 Å². The van der Waals surface area contributed by atoms with Gasteiger partial charge in [-0.2, -0.15) is 0 Å². The molecule has 1 saturated heterocycles. The molecule has 5 heteroatoms. The first kappa shape index (κ1) is 15.5. The third kappa shape index (κ3) is 4.89. The average molecular weight is 296 g/mol. The molecule has 1 aliphatic rings. The van der Waals surface area contributed by atoms with E-state index in [1.54, 1.807) is 11.3 Å². The number of hydrogen-bond acceptors (Lipinski definition) is 4. The van der Waals surface area contributed by atoms with Gasteiger partial charge in [-0.25, -0.2) is 0 Å². The molecule has 112 valence electrons. The Kier molecular flexibility index (Phi) is 6.01. The Morgan fingerprint density at radius 1 is 1.40 bits per heavy atom. The minimum Gasteiger partial charge on any atom is -0.481 e. The number of piperidine rings is 1. The summed E-state index contributed by atoms with van der Waals surface area (Å²) >= 11 is 1.60. The zero-order chi connectivity index (χ0) is 14.4. The van der Waals surface area contributed by atoms with Gasteiger partial charge < -0.3 is 15.3 Å². The van der Waals surface area contributed by atoms with Gasteiger partial charge in [-0.3, -0.25) is 4.79 Å². The normalized spacial score (nSPS) is 17.4. The quantitative estimate of drug-likeness (QED) is 0.811. The van der Waals surface area contributed by atoms with Crippen LogP contribution in [0.15, 0.2) is 12.1 Å². The summed E-state index contributed by atoms with van der Waals surface area (Å²) in [6.45, 7) is 6.70. The summed E-state index contributed by atoms with van der Waals surface area (Å²) in [5.41, 5.74) is 0. The highest BCUT2D eigenvalue weighted by Gasteiger charge is 2.18.